The summed E-state index contributed by atoms with van der Waals surface area (Å²) in [6.45, 7) is 3.46. The van der Waals surface area contributed by atoms with Gasteiger partial charge in [-0.2, -0.15) is 5.26 Å². The minimum Gasteiger partial charge on any atom is -0.457 e. The van der Waals surface area contributed by atoms with Gasteiger partial charge in [0.1, 0.15) is 18.2 Å². The SMILES string of the molecule is C=CCOC(=O)/C(C#N)=C/c1cccc(NC(=O)c2ccccc2Cl)c1. The van der Waals surface area contributed by atoms with Crippen molar-refractivity contribution < 1.29 is 14.3 Å². The highest BCUT2D eigenvalue weighted by Gasteiger charge is 2.12. The van der Waals surface area contributed by atoms with Crippen molar-refractivity contribution in [2.24, 2.45) is 0 Å². The Morgan fingerprint density at radius 1 is 1.23 bits per heavy atom. The highest BCUT2D eigenvalue weighted by atomic mass is 35.5. The van der Waals surface area contributed by atoms with Crippen LogP contribution in [0.25, 0.3) is 6.08 Å². The first-order valence-electron chi connectivity index (χ1n) is 7.61. The Morgan fingerprint density at radius 2 is 2.00 bits per heavy atom. The van der Waals surface area contributed by atoms with Crippen molar-refractivity contribution in [2.75, 3.05) is 11.9 Å². The molecule has 2 aromatic carbocycles. The van der Waals surface area contributed by atoms with E-state index in [4.69, 9.17) is 21.6 Å². The first kappa shape index (κ1) is 19.0. The molecule has 1 amide bonds. The van der Waals surface area contributed by atoms with Crippen LogP contribution >= 0.6 is 11.6 Å². The largest absolute Gasteiger partial charge is 0.457 e. The minimum atomic E-state index is -0.738. The summed E-state index contributed by atoms with van der Waals surface area (Å²) in [7, 11) is 0. The number of halogens is 1. The van der Waals surface area contributed by atoms with Crippen LogP contribution in [0.5, 0.6) is 0 Å². The topological polar surface area (TPSA) is 79.2 Å². The fraction of sp³-hybridized carbons (Fsp3) is 0.0500. The van der Waals surface area contributed by atoms with Gasteiger partial charge in [0.15, 0.2) is 0 Å². The number of esters is 1. The standard InChI is InChI=1S/C20H15ClN2O3/c1-2-10-26-20(25)15(13-22)11-14-6-5-7-16(12-14)23-19(24)17-8-3-4-9-18(17)21/h2-9,11-12H,1,10H2,(H,23,24)/b15-11+. The molecule has 2 rings (SSSR count). The third-order valence-corrected chi connectivity index (χ3v) is 3.58. The summed E-state index contributed by atoms with van der Waals surface area (Å²) in [5, 5.41) is 12.2. The van der Waals surface area contributed by atoms with Gasteiger partial charge in [0.2, 0.25) is 0 Å². The van der Waals surface area contributed by atoms with E-state index < -0.39 is 5.97 Å². The van der Waals surface area contributed by atoms with Crippen LogP contribution in [0.3, 0.4) is 0 Å². The molecule has 0 aliphatic heterocycles. The predicted octanol–water partition coefficient (Wildman–Crippen LogP) is 4.23. The molecule has 0 atom stereocenters. The lowest BCUT2D eigenvalue weighted by atomic mass is 10.1. The molecule has 5 nitrogen and oxygen atoms in total. The molecule has 0 fully saturated rings. The van der Waals surface area contributed by atoms with Gasteiger partial charge in [0, 0.05) is 5.69 Å². The summed E-state index contributed by atoms with van der Waals surface area (Å²) < 4.78 is 4.85. The van der Waals surface area contributed by atoms with E-state index in [0.717, 1.165) is 0 Å². The number of benzene rings is 2. The summed E-state index contributed by atoms with van der Waals surface area (Å²) in [4.78, 5) is 24.1. The summed E-state index contributed by atoms with van der Waals surface area (Å²) in [6.07, 6.45) is 2.80. The van der Waals surface area contributed by atoms with E-state index in [2.05, 4.69) is 11.9 Å². The Labute approximate surface area is 156 Å². The molecular weight excluding hydrogens is 352 g/mol. The van der Waals surface area contributed by atoms with Gasteiger partial charge in [0.25, 0.3) is 5.91 Å². The van der Waals surface area contributed by atoms with Crippen LogP contribution in [0.1, 0.15) is 15.9 Å². The van der Waals surface area contributed by atoms with Crippen molar-refractivity contribution in [1.82, 2.24) is 0 Å². The number of nitriles is 1. The van der Waals surface area contributed by atoms with Gasteiger partial charge >= 0.3 is 5.97 Å². The van der Waals surface area contributed by atoms with E-state index in [1.807, 2.05) is 0 Å². The highest BCUT2D eigenvalue weighted by Crippen LogP contribution is 2.19. The van der Waals surface area contributed by atoms with Crippen molar-refractivity contribution in [3.8, 4) is 6.07 Å². The van der Waals surface area contributed by atoms with Crippen molar-refractivity contribution in [3.05, 3.63) is 82.9 Å². The normalized spacial score (nSPS) is 10.5. The Hall–Kier alpha value is -3.36. The average molecular weight is 367 g/mol. The Bertz CT molecular complexity index is 913. The Kier molecular flexibility index (Phi) is 6.72. The molecule has 6 heteroatoms. The molecule has 130 valence electrons. The molecule has 0 saturated heterocycles. The van der Waals surface area contributed by atoms with E-state index in [9.17, 15) is 9.59 Å². The quantitative estimate of drug-likeness (QED) is 0.359. The smallest absolute Gasteiger partial charge is 0.349 e. The van der Waals surface area contributed by atoms with E-state index in [0.29, 0.717) is 21.8 Å². The lowest BCUT2D eigenvalue weighted by Crippen LogP contribution is -2.12. The van der Waals surface area contributed by atoms with Gasteiger partial charge in [-0.15, -0.1) is 0 Å². The van der Waals surface area contributed by atoms with Crippen molar-refractivity contribution >= 4 is 35.2 Å². The van der Waals surface area contributed by atoms with E-state index in [1.54, 1.807) is 54.6 Å². The molecule has 0 unspecified atom stereocenters. The van der Waals surface area contributed by atoms with Gasteiger partial charge < -0.3 is 10.1 Å². The van der Waals surface area contributed by atoms with Crippen LogP contribution in [0, 0.1) is 11.3 Å². The van der Waals surface area contributed by atoms with E-state index >= 15 is 0 Å². The number of hydrogen-bond acceptors (Lipinski definition) is 4. The van der Waals surface area contributed by atoms with Crippen LogP contribution in [-0.4, -0.2) is 18.5 Å². The van der Waals surface area contributed by atoms with Crippen molar-refractivity contribution in [1.29, 1.82) is 5.26 Å². The van der Waals surface area contributed by atoms with Crippen LogP contribution in [0.4, 0.5) is 5.69 Å². The zero-order chi connectivity index (χ0) is 18.9. The molecule has 0 saturated carbocycles. The molecule has 0 aromatic heterocycles. The number of hydrogen-bond donors (Lipinski definition) is 1. The summed E-state index contributed by atoms with van der Waals surface area (Å²) in [6, 6.07) is 15.2. The molecule has 2 aromatic rings. The fourth-order valence-corrected chi connectivity index (χ4v) is 2.29. The molecule has 0 spiro atoms. The monoisotopic (exact) mass is 366 g/mol. The Morgan fingerprint density at radius 3 is 2.69 bits per heavy atom. The van der Waals surface area contributed by atoms with Gasteiger partial charge in [0.05, 0.1) is 10.6 Å². The predicted molar refractivity (Wildman–Crippen MR) is 101 cm³/mol. The molecule has 0 aliphatic rings. The van der Waals surface area contributed by atoms with Gasteiger partial charge in [-0.05, 0) is 35.9 Å². The van der Waals surface area contributed by atoms with Crippen LogP contribution in [0.15, 0.2) is 66.8 Å². The second-order valence-corrected chi connectivity index (χ2v) is 5.52. The summed E-state index contributed by atoms with van der Waals surface area (Å²) >= 11 is 6.02. The molecule has 0 aliphatic carbocycles. The number of nitrogens with zero attached hydrogens (tertiary/aromatic N) is 1. The van der Waals surface area contributed by atoms with E-state index in [-0.39, 0.29) is 18.1 Å². The molecule has 1 N–H and O–H groups in total. The first-order chi connectivity index (χ1) is 12.5. The molecular formula is C20H15ClN2O3. The molecule has 0 heterocycles. The number of amides is 1. The van der Waals surface area contributed by atoms with E-state index in [1.165, 1.54) is 12.2 Å². The minimum absolute atomic E-state index is 0.0196. The Balaban J connectivity index is 2.19. The lowest BCUT2D eigenvalue weighted by molar-refractivity contribution is -0.137. The van der Waals surface area contributed by atoms with Crippen molar-refractivity contribution in [3.63, 3.8) is 0 Å². The number of carbonyl (C=O) groups excluding carboxylic acids is 2. The maximum Gasteiger partial charge on any atom is 0.349 e. The third kappa shape index (κ3) is 5.07. The number of ether oxygens (including phenoxy) is 1. The van der Waals surface area contributed by atoms with Crippen LogP contribution in [0.2, 0.25) is 5.02 Å². The maximum absolute atomic E-state index is 12.3. The average Bonchev–Trinajstić information content (AvgIpc) is 2.64. The summed E-state index contributed by atoms with van der Waals surface area (Å²) in [5.74, 6) is -1.10. The molecule has 0 radical (unpaired) electrons. The van der Waals surface area contributed by atoms with Crippen LogP contribution in [-0.2, 0) is 9.53 Å². The number of anilines is 1. The molecule has 26 heavy (non-hydrogen) atoms. The lowest BCUT2D eigenvalue weighted by Gasteiger charge is -2.07. The second-order valence-electron chi connectivity index (χ2n) is 5.12. The van der Waals surface area contributed by atoms with Gasteiger partial charge in [-0.3, -0.25) is 4.79 Å². The van der Waals surface area contributed by atoms with Crippen molar-refractivity contribution in [2.45, 2.75) is 0 Å². The first-order valence-corrected chi connectivity index (χ1v) is 7.98. The number of nitrogens with one attached hydrogen (secondary N) is 1. The zero-order valence-corrected chi connectivity index (χ0v) is 14.5. The van der Waals surface area contributed by atoms with Gasteiger partial charge in [-0.1, -0.05) is 48.5 Å². The maximum atomic E-state index is 12.3. The highest BCUT2D eigenvalue weighted by molar-refractivity contribution is 6.34. The number of carbonyl (C=O) groups is 2. The zero-order valence-electron chi connectivity index (χ0n) is 13.7. The van der Waals surface area contributed by atoms with Gasteiger partial charge in [-0.25, -0.2) is 4.79 Å². The second kappa shape index (κ2) is 9.21. The number of rotatable bonds is 6. The third-order valence-electron chi connectivity index (χ3n) is 3.25. The fourth-order valence-electron chi connectivity index (χ4n) is 2.07. The summed E-state index contributed by atoms with van der Waals surface area (Å²) in [5.41, 5.74) is 1.26. The molecule has 0 bridgehead atoms. The van der Waals surface area contributed by atoms with Crippen LogP contribution < -0.4 is 5.32 Å².